The van der Waals surface area contributed by atoms with Crippen LogP contribution in [-0.4, -0.2) is 63.6 Å². The van der Waals surface area contributed by atoms with Gasteiger partial charge in [0.2, 0.25) is 10.0 Å². The number of sulfonamides is 1. The van der Waals surface area contributed by atoms with Gasteiger partial charge in [-0.15, -0.1) is 24.0 Å². The van der Waals surface area contributed by atoms with E-state index in [2.05, 4.69) is 32.3 Å². The summed E-state index contributed by atoms with van der Waals surface area (Å²) in [6.45, 7) is 4.24. The van der Waals surface area contributed by atoms with E-state index in [0.29, 0.717) is 19.6 Å². The lowest BCUT2D eigenvalue weighted by Gasteiger charge is -2.23. The molecule has 0 amide bonds. The summed E-state index contributed by atoms with van der Waals surface area (Å²) in [6.07, 6.45) is 1.97. The van der Waals surface area contributed by atoms with Gasteiger partial charge in [0.05, 0.1) is 6.26 Å². The van der Waals surface area contributed by atoms with Gasteiger partial charge >= 0.3 is 0 Å². The monoisotopic (exact) mass is 546 g/mol. The molecule has 0 aliphatic heterocycles. The van der Waals surface area contributed by atoms with Crippen LogP contribution in [0.3, 0.4) is 0 Å². The molecule has 1 aromatic carbocycles. The van der Waals surface area contributed by atoms with Crippen LogP contribution < -0.4 is 5.32 Å². The number of hydrogen-bond acceptors (Lipinski definition) is 3. The molecule has 0 aliphatic rings. The number of halogens is 2. The van der Waals surface area contributed by atoms with Crippen LogP contribution in [-0.2, 0) is 16.6 Å². The topological polar surface area (TPSA) is 65.0 Å². The Morgan fingerprint density at radius 3 is 2.48 bits per heavy atom. The molecule has 0 spiro atoms. The van der Waals surface area contributed by atoms with Crippen LogP contribution in [0.5, 0.6) is 0 Å². The highest BCUT2D eigenvalue weighted by Gasteiger charge is 2.14. The second-order valence-corrected chi connectivity index (χ2v) is 8.37. The van der Waals surface area contributed by atoms with E-state index in [-0.39, 0.29) is 24.0 Å². The summed E-state index contributed by atoms with van der Waals surface area (Å²) >= 11 is 3.55. The first-order chi connectivity index (χ1) is 11.3. The summed E-state index contributed by atoms with van der Waals surface area (Å²) in [4.78, 5) is 6.32. The van der Waals surface area contributed by atoms with Crippen molar-refractivity contribution in [3.63, 3.8) is 0 Å². The van der Waals surface area contributed by atoms with E-state index < -0.39 is 10.0 Å². The maximum atomic E-state index is 11.6. The number of nitrogens with one attached hydrogen (secondary N) is 1. The minimum absolute atomic E-state index is 0. The molecule has 1 rings (SSSR count). The Balaban J connectivity index is 0.00000576. The number of guanidine groups is 1. The van der Waals surface area contributed by atoms with Crippen LogP contribution in [0.15, 0.2) is 33.7 Å². The van der Waals surface area contributed by atoms with E-state index in [1.165, 1.54) is 16.1 Å². The summed E-state index contributed by atoms with van der Waals surface area (Å²) in [7, 11) is 0.596. The van der Waals surface area contributed by atoms with Crippen molar-refractivity contribution in [1.82, 2.24) is 14.5 Å². The number of aliphatic imine (C=N–C) groups is 1. The lowest BCUT2D eigenvalue weighted by atomic mass is 10.2. The van der Waals surface area contributed by atoms with Gasteiger partial charge in [-0.2, -0.15) is 0 Å². The lowest BCUT2D eigenvalue weighted by Crippen LogP contribution is -2.40. The average Bonchev–Trinajstić information content (AvgIpc) is 2.51. The Kier molecular flexibility index (Phi) is 11.9. The minimum atomic E-state index is -3.12. The Bertz CT molecular complexity index is 655. The Morgan fingerprint density at radius 1 is 1.32 bits per heavy atom. The molecule has 9 heteroatoms. The van der Waals surface area contributed by atoms with E-state index in [1.54, 1.807) is 7.05 Å². The normalized spacial score (nSPS) is 12.0. The van der Waals surface area contributed by atoms with E-state index in [9.17, 15) is 8.42 Å². The van der Waals surface area contributed by atoms with E-state index in [4.69, 9.17) is 0 Å². The zero-order chi connectivity index (χ0) is 18.2. The number of rotatable bonds is 8. The molecule has 0 atom stereocenters. The summed E-state index contributed by atoms with van der Waals surface area (Å²) in [5, 5.41) is 3.28. The average molecular weight is 547 g/mol. The fourth-order valence-electron chi connectivity index (χ4n) is 2.36. The third-order valence-electron chi connectivity index (χ3n) is 3.63. The van der Waals surface area contributed by atoms with Crippen LogP contribution in [0.4, 0.5) is 0 Å². The number of nitrogens with zero attached hydrogens (tertiary/aromatic N) is 3. The van der Waals surface area contributed by atoms with E-state index in [1.807, 2.05) is 37.1 Å². The second kappa shape index (κ2) is 12.1. The Hall–Kier alpha value is -0.390. The molecule has 1 aromatic rings. The van der Waals surface area contributed by atoms with Gasteiger partial charge in [-0.05, 0) is 18.1 Å². The zero-order valence-corrected chi connectivity index (χ0v) is 19.9. The largest absolute Gasteiger partial charge is 0.356 e. The van der Waals surface area contributed by atoms with Gasteiger partial charge in [0.25, 0.3) is 0 Å². The van der Waals surface area contributed by atoms with Gasteiger partial charge in [-0.25, -0.2) is 12.7 Å². The molecule has 25 heavy (non-hydrogen) atoms. The Labute approximate surface area is 177 Å². The van der Waals surface area contributed by atoms with Crippen molar-refractivity contribution in [3.8, 4) is 0 Å². The molecular formula is C16H28BrIN4O2S. The van der Waals surface area contributed by atoms with E-state index in [0.717, 1.165) is 23.4 Å². The van der Waals surface area contributed by atoms with Crippen molar-refractivity contribution in [2.24, 2.45) is 4.99 Å². The molecule has 0 radical (unpaired) electrons. The molecule has 0 aromatic heterocycles. The third-order valence-corrected chi connectivity index (χ3v) is 5.78. The van der Waals surface area contributed by atoms with Crippen molar-refractivity contribution in [1.29, 1.82) is 0 Å². The number of hydrogen-bond donors (Lipinski definition) is 1. The van der Waals surface area contributed by atoms with Gasteiger partial charge in [-0.3, -0.25) is 4.99 Å². The van der Waals surface area contributed by atoms with Gasteiger partial charge in [0.1, 0.15) is 0 Å². The predicted octanol–water partition coefficient (Wildman–Crippen LogP) is 2.75. The smallest absolute Gasteiger partial charge is 0.211 e. The Morgan fingerprint density at radius 2 is 1.96 bits per heavy atom. The van der Waals surface area contributed by atoms with Crippen molar-refractivity contribution < 1.29 is 8.42 Å². The summed E-state index contributed by atoms with van der Waals surface area (Å²) in [5.74, 6) is 0.785. The summed E-state index contributed by atoms with van der Waals surface area (Å²) in [6, 6.07) is 8.08. The lowest BCUT2D eigenvalue weighted by molar-refractivity contribution is 0.419. The van der Waals surface area contributed by atoms with Crippen LogP contribution in [0, 0.1) is 0 Å². The van der Waals surface area contributed by atoms with Gasteiger partial charge in [-0.1, -0.05) is 41.1 Å². The molecular weight excluding hydrogens is 519 g/mol. The van der Waals surface area contributed by atoms with Crippen molar-refractivity contribution in [2.75, 3.05) is 40.0 Å². The molecule has 0 saturated carbocycles. The van der Waals surface area contributed by atoms with Crippen LogP contribution in [0.2, 0.25) is 0 Å². The quantitative estimate of drug-likeness (QED) is 0.236. The first-order valence-electron chi connectivity index (χ1n) is 7.90. The highest BCUT2D eigenvalue weighted by Crippen LogP contribution is 2.17. The summed E-state index contributed by atoms with van der Waals surface area (Å²) in [5.41, 5.74) is 1.18. The van der Waals surface area contributed by atoms with Crippen molar-refractivity contribution in [2.45, 2.75) is 19.9 Å². The summed E-state index contributed by atoms with van der Waals surface area (Å²) < 4.78 is 25.7. The molecule has 0 aliphatic carbocycles. The van der Waals surface area contributed by atoms with Crippen molar-refractivity contribution >= 4 is 55.9 Å². The SMILES string of the molecule is CCN(CCCNC(=NC)N(C)Cc1ccccc1Br)S(C)(=O)=O.I. The maximum absolute atomic E-state index is 11.6. The third kappa shape index (κ3) is 8.69. The van der Waals surface area contributed by atoms with Crippen LogP contribution in [0.25, 0.3) is 0 Å². The van der Waals surface area contributed by atoms with Crippen LogP contribution >= 0.6 is 39.9 Å². The fourth-order valence-corrected chi connectivity index (χ4v) is 3.70. The standard InChI is InChI=1S/C16H27BrN4O2S.HI/c1-5-21(24(4,22)23)12-8-11-19-16(18-2)20(3)13-14-9-6-7-10-15(14)17;/h6-7,9-10H,5,8,11-13H2,1-4H3,(H,18,19);1H. The van der Waals surface area contributed by atoms with Crippen molar-refractivity contribution in [3.05, 3.63) is 34.3 Å². The minimum Gasteiger partial charge on any atom is -0.356 e. The molecule has 0 saturated heterocycles. The molecule has 144 valence electrons. The molecule has 0 unspecified atom stereocenters. The molecule has 0 bridgehead atoms. The van der Waals surface area contributed by atoms with Gasteiger partial charge in [0, 0.05) is 44.7 Å². The zero-order valence-electron chi connectivity index (χ0n) is 15.2. The number of benzene rings is 1. The second-order valence-electron chi connectivity index (χ2n) is 5.53. The molecule has 6 nitrogen and oxygen atoms in total. The molecule has 0 fully saturated rings. The van der Waals surface area contributed by atoms with Gasteiger partial charge in [0.15, 0.2) is 5.96 Å². The molecule has 1 N–H and O–H groups in total. The predicted molar refractivity (Wildman–Crippen MR) is 119 cm³/mol. The first kappa shape index (κ1) is 24.6. The highest BCUT2D eigenvalue weighted by atomic mass is 127. The highest BCUT2D eigenvalue weighted by molar-refractivity contribution is 14.0. The van der Waals surface area contributed by atoms with Crippen LogP contribution in [0.1, 0.15) is 18.9 Å². The first-order valence-corrected chi connectivity index (χ1v) is 10.5. The van der Waals surface area contributed by atoms with E-state index >= 15 is 0 Å². The van der Waals surface area contributed by atoms with Gasteiger partial charge < -0.3 is 10.2 Å². The maximum Gasteiger partial charge on any atom is 0.211 e. The fraction of sp³-hybridized carbons (Fsp3) is 0.562. The molecule has 0 heterocycles.